The van der Waals surface area contributed by atoms with Crippen molar-refractivity contribution >= 4 is 39.1 Å². The minimum Gasteiger partial charge on any atom is -0.493 e. The van der Waals surface area contributed by atoms with Crippen LogP contribution < -0.4 is 4.74 Å². The largest absolute Gasteiger partial charge is 0.493 e. The molecular weight excluding hydrogens is 363 g/mol. The smallest absolute Gasteiger partial charge is 0.128 e. The first-order chi connectivity index (χ1) is 9.56. The molecule has 2 aromatic carbocycles. The molecule has 3 rings (SSSR count). The van der Waals surface area contributed by atoms with E-state index in [9.17, 15) is 5.11 Å². The highest BCUT2D eigenvalue weighted by molar-refractivity contribution is 9.10. The lowest BCUT2D eigenvalue weighted by Crippen LogP contribution is -2.03. The molecule has 0 aromatic heterocycles. The van der Waals surface area contributed by atoms with Gasteiger partial charge < -0.3 is 9.84 Å². The van der Waals surface area contributed by atoms with Crippen LogP contribution in [0.3, 0.4) is 0 Å². The van der Waals surface area contributed by atoms with Gasteiger partial charge in [-0.1, -0.05) is 45.2 Å². The maximum absolute atomic E-state index is 10.6. The van der Waals surface area contributed by atoms with Crippen molar-refractivity contribution in [2.75, 3.05) is 6.61 Å². The first-order valence-electron chi connectivity index (χ1n) is 6.14. The predicted molar refractivity (Wildman–Crippen MR) is 83.9 cm³/mol. The third kappa shape index (κ3) is 2.56. The number of benzene rings is 2. The second-order valence-electron chi connectivity index (χ2n) is 4.65. The van der Waals surface area contributed by atoms with Gasteiger partial charge in [0.2, 0.25) is 0 Å². The fraction of sp³-hybridized carbons (Fsp3) is 0.200. The summed E-state index contributed by atoms with van der Waals surface area (Å²) in [6.07, 6.45) is -0.0508. The lowest BCUT2D eigenvalue weighted by atomic mass is 9.98. The Morgan fingerprint density at radius 1 is 1.15 bits per heavy atom. The highest BCUT2D eigenvalue weighted by Crippen LogP contribution is 2.40. The fourth-order valence-electron chi connectivity index (χ4n) is 2.39. The van der Waals surface area contributed by atoms with Gasteiger partial charge in [-0.3, -0.25) is 0 Å². The van der Waals surface area contributed by atoms with Crippen molar-refractivity contribution in [3.8, 4) is 5.75 Å². The molecular formula is C15H11BrCl2O2. The van der Waals surface area contributed by atoms with Gasteiger partial charge in [0.15, 0.2) is 0 Å². The van der Waals surface area contributed by atoms with Crippen LogP contribution in [0.1, 0.15) is 22.8 Å². The fourth-order valence-corrected chi connectivity index (χ4v) is 3.42. The quantitative estimate of drug-likeness (QED) is 0.821. The van der Waals surface area contributed by atoms with Crippen LogP contribution in [0.4, 0.5) is 0 Å². The Morgan fingerprint density at radius 3 is 2.70 bits per heavy atom. The highest BCUT2D eigenvalue weighted by atomic mass is 79.9. The van der Waals surface area contributed by atoms with Gasteiger partial charge in [0.25, 0.3) is 0 Å². The van der Waals surface area contributed by atoms with Gasteiger partial charge in [-0.25, -0.2) is 0 Å². The summed E-state index contributed by atoms with van der Waals surface area (Å²) in [5, 5.41) is 11.7. The predicted octanol–water partition coefficient (Wildman–Crippen LogP) is 4.77. The van der Waals surface area contributed by atoms with Crippen LogP contribution in [0.15, 0.2) is 34.8 Å². The number of hydrogen-bond acceptors (Lipinski definition) is 2. The molecule has 104 valence electrons. The zero-order valence-corrected chi connectivity index (χ0v) is 13.5. The molecule has 0 saturated carbocycles. The second kappa shape index (κ2) is 5.57. The Bertz CT molecular complexity index is 673. The molecule has 1 N–H and O–H groups in total. The molecule has 0 amide bonds. The average molecular weight is 374 g/mol. The first-order valence-corrected chi connectivity index (χ1v) is 7.69. The topological polar surface area (TPSA) is 29.5 Å². The number of aliphatic hydroxyl groups is 1. The third-order valence-corrected chi connectivity index (χ3v) is 4.37. The lowest BCUT2D eigenvalue weighted by Gasteiger charge is -2.17. The Hall–Kier alpha value is -0.740. The van der Waals surface area contributed by atoms with Gasteiger partial charge in [-0.2, -0.15) is 0 Å². The van der Waals surface area contributed by atoms with Crippen LogP contribution in [0.25, 0.3) is 0 Å². The third-order valence-electron chi connectivity index (χ3n) is 3.33. The van der Waals surface area contributed by atoms with Crippen LogP contribution in [0, 0.1) is 0 Å². The van der Waals surface area contributed by atoms with Gasteiger partial charge >= 0.3 is 0 Å². The molecule has 2 nitrogen and oxygen atoms in total. The van der Waals surface area contributed by atoms with Gasteiger partial charge in [0, 0.05) is 32.1 Å². The van der Waals surface area contributed by atoms with E-state index in [-0.39, 0.29) is 0 Å². The minimum atomic E-state index is -0.860. The molecule has 1 atom stereocenters. The molecule has 20 heavy (non-hydrogen) atoms. The van der Waals surface area contributed by atoms with Crippen molar-refractivity contribution < 1.29 is 9.84 Å². The van der Waals surface area contributed by atoms with Gasteiger partial charge in [0.05, 0.1) is 6.61 Å². The van der Waals surface area contributed by atoms with E-state index in [1.54, 1.807) is 18.2 Å². The second-order valence-corrected chi connectivity index (χ2v) is 6.41. The minimum absolute atomic E-state index is 0.499. The molecule has 0 saturated heterocycles. The SMILES string of the molecule is OC(c1ccc(Br)cc1Cl)c1cc(Cl)cc2c1OCC2. The van der Waals surface area contributed by atoms with E-state index in [0.29, 0.717) is 27.8 Å². The summed E-state index contributed by atoms with van der Waals surface area (Å²) in [7, 11) is 0. The van der Waals surface area contributed by atoms with Crippen LogP contribution >= 0.6 is 39.1 Å². The van der Waals surface area contributed by atoms with E-state index < -0.39 is 6.10 Å². The number of fused-ring (bicyclic) bond motifs is 1. The molecule has 1 heterocycles. The van der Waals surface area contributed by atoms with E-state index in [4.69, 9.17) is 27.9 Å². The Labute approximate surface area is 135 Å². The maximum atomic E-state index is 10.6. The summed E-state index contributed by atoms with van der Waals surface area (Å²) in [4.78, 5) is 0. The molecule has 2 aromatic rings. The normalized spacial score (nSPS) is 14.8. The van der Waals surface area contributed by atoms with Crippen molar-refractivity contribution in [3.05, 3.63) is 61.5 Å². The molecule has 0 fully saturated rings. The average Bonchev–Trinajstić information content (AvgIpc) is 2.85. The molecule has 0 spiro atoms. The summed E-state index contributed by atoms with van der Waals surface area (Å²) in [6.45, 7) is 0.615. The summed E-state index contributed by atoms with van der Waals surface area (Å²) in [6, 6.07) is 9.00. The van der Waals surface area contributed by atoms with Gasteiger partial charge in [-0.15, -0.1) is 0 Å². The van der Waals surface area contributed by atoms with E-state index in [1.807, 2.05) is 12.1 Å². The standard InChI is InChI=1S/C15H11BrCl2O2/c16-9-1-2-11(13(18)6-9)14(19)12-7-10(17)5-8-3-4-20-15(8)12/h1-2,5-7,14,19H,3-4H2. The summed E-state index contributed by atoms with van der Waals surface area (Å²) in [5.41, 5.74) is 2.32. The Balaban J connectivity index is 2.09. The van der Waals surface area contributed by atoms with Gasteiger partial charge in [0.1, 0.15) is 11.9 Å². The Kier molecular flexibility index (Phi) is 3.95. The number of aliphatic hydroxyl groups excluding tert-OH is 1. The molecule has 0 radical (unpaired) electrons. The molecule has 0 bridgehead atoms. The molecule has 5 heteroatoms. The van der Waals surface area contributed by atoms with Crippen molar-refractivity contribution in [2.24, 2.45) is 0 Å². The lowest BCUT2D eigenvalue weighted by molar-refractivity contribution is 0.214. The monoisotopic (exact) mass is 372 g/mol. The Morgan fingerprint density at radius 2 is 1.95 bits per heavy atom. The van der Waals surface area contributed by atoms with E-state index in [0.717, 1.165) is 22.2 Å². The van der Waals surface area contributed by atoms with E-state index >= 15 is 0 Å². The van der Waals surface area contributed by atoms with Crippen molar-refractivity contribution in [1.29, 1.82) is 0 Å². The molecule has 0 aliphatic carbocycles. The zero-order chi connectivity index (χ0) is 14.3. The van der Waals surface area contributed by atoms with Crippen LogP contribution in [-0.2, 0) is 6.42 Å². The molecule has 1 aliphatic rings. The number of rotatable bonds is 2. The summed E-state index contributed by atoms with van der Waals surface area (Å²) in [5.74, 6) is 0.723. The highest BCUT2D eigenvalue weighted by Gasteiger charge is 2.24. The zero-order valence-electron chi connectivity index (χ0n) is 10.4. The number of halogens is 3. The number of ether oxygens (including phenoxy) is 1. The van der Waals surface area contributed by atoms with Gasteiger partial charge in [-0.05, 0) is 29.8 Å². The number of hydrogen-bond donors (Lipinski definition) is 1. The summed E-state index contributed by atoms with van der Waals surface area (Å²) >= 11 is 15.7. The summed E-state index contributed by atoms with van der Waals surface area (Å²) < 4.78 is 6.49. The molecule has 1 unspecified atom stereocenters. The molecule has 1 aliphatic heterocycles. The van der Waals surface area contributed by atoms with Crippen molar-refractivity contribution in [3.63, 3.8) is 0 Å². The van der Waals surface area contributed by atoms with Crippen molar-refractivity contribution in [2.45, 2.75) is 12.5 Å². The van der Waals surface area contributed by atoms with E-state index in [1.165, 1.54) is 0 Å². The van der Waals surface area contributed by atoms with Crippen LogP contribution in [-0.4, -0.2) is 11.7 Å². The van der Waals surface area contributed by atoms with Crippen LogP contribution in [0.5, 0.6) is 5.75 Å². The first kappa shape index (κ1) is 14.2. The van der Waals surface area contributed by atoms with E-state index in [2.05, 4.69) is 15.9 Å². The maximum Gasteiger partial charge on any atom is 0.128 e. The van der Waals surface area contributed by atoms with Crippen molar-refractivity contribution in [1.82, 2.24) is 0 Å². The van der Waals surface area contributed by atoms with Crippen LogP contribution in [0.2, 0.25) is 10.0 Å².